The van der Waals surface area contributed by atoms with Crippen molar-refractivity contribution in [3.63, 3.8) is 0 Å². The molecule has 2 N–H and O–H groups in total. The molecule has 5 nitrogen and oxygen atoms in total. The van der Waals surface area contributed by atoms with Crippen LogP contribution in [0.5, 0.6) is 0 Å². The van der Waals surface area contributed by atoms with Gasteiger partial charge >= 0.3 is 0 Å². The van der Waals surface area contributed by atoms with Gasteiger partial charge in [-0.1, -0.05) is 15.9 Å². The minimum Gasteiger partial charge on any atom is -0.389 e. The van der Waals surface area contributed by atoms with Gasteiger partial charge in [0.05, 0.1) is 12.1 Å². The average molecular weight is 419 g/mol. The molecule has 0 unspecified atom stereocenters. The highest BCUT2D eigenvalue weighted by Crippen LogP contribution is 2.53. The van der Waals surface area contributed by atoms with Crippen LogP contribution in [0.2, 0.25) is 0 Å². The maximum atomic E-state index is 12.8. The first-order valence-corrected chi connectivity index (χ1v) is 10.3. The third-order valence-electron chi connectivity index (χ3n) is 6.65. The third kappa shape index (κ3) is 2.69. The standard InChI is InChI=1S/C20H23BrN2O3/c21-13-3-4-15-16(7-13)19(5-6-19)11-23(18(15)25)10-17(24)22-14-8-20(26,9-14)12-1-2-12/h3-4,7,12,14,26H,1-2,5-6,8-11H2,(H,22,24). The molecule has 3 saturated carbocycles. The van der Waals surface area contributed by atoms with E-state index in [9.17, 15) is 14.7 Å². The first kappa shape index (κ1) is 16.8. The van der Waals surface area contributed by atoms with Crippen molar-refractivity contribution < 1.29 is 14.7 Å². The van der Waals surface area contributed by atoms with Crippen LogP contribution < -0.4 is 5.32 Å². The molecule has 0 saturated heterocycles. The number of benzene rings is 1. The summed E-state index contributed by atoms with van der Waals surface area (Å²) in [5, 5.41) is 13.4. The van der Waals surface area contributed by atoms with Crippen LogP contribution in [0.4, 0.5) is 0 Å². The van der Waals surface area contributed by atoms with E-state index in [1.807, 2.05) is 12.1 Å². The van der Waals surface area contributed by atoms with Crippen molar-refractivity contribution in [2.24, 2.45) is 5.92 Å². The molecule has 138 valence electrons. The number of hydrogen-bond donors (Lipinski definition) is 2. The van der Waals surface area contributed by atoms with E-state index in [1.54, 1.807) is 4.90 Å². The molecule has 3 aliphatic carbocycles. The number of halogens is 1. The fourth-order valence-electron chi connectivity index (χ4n) is 4.84. The molecule has 6 heteroatoms. The molecule has 1 aliphatic heterocycles. The second kappa shape index (κ2) is 5.55. The molecule has 0 bridgehead atoms. The SMILES string of the molecule is O=C(CN1CC2(CC2)c2cc(Br)ccc2C1=O)NC1CC(O)(C2CC2)C1. The number of nitrogens with one attached hydrogen (secondary N) is 1. The zero-order valence-corrected chi connectivity index (χ0v) is 16.2. The second-order valence-electron chi connectivity index (χ2n) is 8.68. The Kier molecular flexibility index (Phi) is 3.58. The summed E-state index contributed by atoms with van der Waals surface area (Å²) in [6, 6.07) is 5.87. The van der Waals surface area contributed by atoms with Crippen molar-refractivity contribution in [3.8, 4) is 0 Å². The molecule has 1 heterocycles. The highest BCUT2D eigenvalue weighted by Gasteiger charge is 2.54. The number of aliphatic hydroxyl groups is 1. The van der Waals surface area contributed by atoms with Gasteiger partial charge < -0.3 is 15.3 Å². The number of carbonyl (C=O) groups excluding carboxylic acids is 2. The van der Waals surface area contributed by atoms with Crippen molar-refractivity contribution in [1.82, 2.24) is 10.2 Å². The normalized spacial score (nSPS) is 31.4. The van der Waals surface area contributed by atoms with Gasteiger partial charge in [0.15, 0.2) is 0 Å². The summed E-state index contributed by atoms with van der Waals surface area (Å²) in [5.41, 5.74) is 1.35. The smallest absolute Gasteiger partial charge is 0.254 e. The predicted octanol–water partition coefficient (Wildman–Crippen LogP) is 2.36. The van der Waals surface area contributed by atoms with Gasteiger partial charge in [0.2, 0.25) is 5.91 Å². The van der Waals surface area contributed by atoms with Crippen molar-refractivity contribution in [2.75, 3.05) is 13.1 Å². The van der Waals surface area contributed by atoms with Crippen LogP contribution in [0.25, 0.3) is 0 Å². The Morgan fingerprint density at radius 3 is 2.69 bits per heavy atom. The highest BCUT2D eigenvalue weighted by atomic mass is 79.9. The monoisotopic (exact) mass is 418 g/mol. The van der Waals surface area contributed by atoms with Gasteiger partial charge in [0.1, 0.15) is 0 Å². The Bertz CT molecular complexity index is 794. The molecule has 5 rings (SSSR count). The Hall–Kier alpha value is -1.40. The van der Waals surface area contributed by atoms with E-state index in [4.69, 9.17) is 0 Å². The van der Waals surface area contributed by atoms with E-state index < -0.39 is 5.60 Å². The molecule has 1 spiro atoms. The zero-order valence-electron chi connectivity index (χ0n) is 14.6. The first-order valence-electron chi connectivity index (χ1n) is 9.50. The lowest BCUT2D eigenvalue weighted by Crippen LogP contribution is -2.58. The largest absolute Gasteiger partial charge is 0.389 e. The van der Waals surface area contributed by atoms with Crippen LogP contribution in [0.1, 0.15) is 54.4 Å². The summed E-state index contributed by atoms with van der Waals surface area (Å²) in [5.74, 6) is 0.269. The van der Waals surface area contributed by atoms with E-state index in [0.29, 0.717) is 25.3 Å². The van der Waals surface area contributed by atoms with Crippen LogP contribution in [0, 0.1) is 5.92 Å². The van der Waals surface area contributed by atoms with Crippen molar-refractivity contribution in [1.29, 1.82) is 0 Å². The number of fused-ring (bicyclic) bond motifs is 2. The average Bonchev–Trinajstić information content (AvgIpc) is 3.45. The van der Waals surface area contributed by atoms with Crippen LogP contribution >= 0.6 is 15.9 Å². The number of hydrogen-bond acceptors (Lipinski definition) is 3. The minimum atomic E-state index is -0.552. The lowest BCUT2D eigenvalue weighted by Gasteiger charge is -2.44. The Balaban J connectivity index is 1.24. The molecule has 0 atom stereocenters. The Morgan fingerprint density at radius 1 is 1.31 bits per heavy atom. The van der Waals surface area contributed by atoms with Crippen LogP contribution in [-0.4, -0.2) is 46.6 Å². The molecule has 0 radical (unpaired) electrons. The van der Waals surface area contributed by atoms with Gasteiger partial charge in [-0.2, -0.15) is 0 Å². The number of carbonyl (C=O) groups is 2. The van der Waals surface area contributed by atoms with E-state index in [1.165, 1.54) is 0 Å². The maximum Gasteiger partial charge on any atom is 0.254 e. The molecule has 4 aliphatic rings. The third-order valence-corrected chi connectivity index (χ3v) is 7.15. The second-order valence-corrected chi connectivity index (χ2v) is 9.60. The summed E-state index contributed by atoms with van der Waals surface area (Å²) in [4.78, 5) is 27.0. The van der Waals surface area contributed by atoms with E-state index >= 15 is 0 Å². The molecule has 3 fully saturated rings. The molecule has 26 heavy (non-hydrogen) atoms. The number of amides is 2. The molecule has 2 amide bonds. The molecule has 1 aromatic rings. The molecular weight excluding hydrogens is 396 g/mol. The van der Waals surface area contributed by atoms with Crippen molar-refractivity contribution in [3.05, 3.63) is 33.8 Å². The Labute approximate surface area is 161 Å². The van der Waals surface area contributed by atoms with Crippen molar-refractivity contribution >= 4 is 27.7 Å². The van der Waals surface area contributed by atoms with E-state index in [2.05, 4.69) is 27.3 Å². The lowest BCUT2D eigenvalue weighted by molar-refractivity contribution is -0.127. The van der Waals surface area contributed by atoms with Crippen LogP contribution in [0.15, 0.2) is 22.7 Å². The summed E-state index contributed by atoms with van der Waals surface area (Å²) in [6.45, 7) is 0.730. The van der Waals surface area contributed by atoms with Crippen LogP contribution in [-0.2, 0) is 10.2 Å². The zero-order chi connectivity index (χ0) is 18.1. The predicted molar refractivity (Wildman–Crippen MR) is 99.8 cm³/mol. The fourth-order valence-corrected chi connectivity index (χ4v) is 5.20. The summed E-state index contributed by atoms with van der Waals surface area (Å²) in [6.07, 6.45) is 5.65. The van der Waals surface area contributed by atoms with Gasteiger partial charge in [-0.3, -0.25) is 9.59 Å². The Morgan fingerprint density at radius 2 is 2.04 bits per heavy atom. The molecule has 0 aromatic heterocycles. The molecular formula is C20H23BrN2O3. The summed E-state index contributed by atoms with van der Waals surface area (Å²) < 4.78 is 0.995. The number of rotatable bonds is 4. The van der Waals surface area contributed by atoms with Gasteiger partial charge in [0, 0.05) is 28.0 Å². The topological polar surface area (TPSA) is 69.6 Å². The fraction of sp³-hybridized carbons (Fsp3) is 0.600. The van der Waals surface area contributed by atoms with Crippen molar-refractivity contribution in [2.45, 2.75) is 55.6 Å². The molecule has 1 aromatic carbocycles. The van der Waals surface area contributed by atoms with Gasteiger partial charge in [0.25, 0.3) is 5.91 Å². The van der Waals surface area contributed by atoms with Gasteiger partial charge in [-0.25, -0.2) is 0 Å². The quantitative estimate of drug-likeness (QED) is 0.788. The van der Waals surface area contributed by atoms with Gasteiger partial charge in [-0.05, 0) is 68.2 Å². The minimum absolute atomic E-state index is 0.0377. The first-order chi connectivity index (χ1) is 12.4. The lowest BCUT2D eigenvalue weighted by atomic mass is 9.72. The van der Waals surface area contributed by atoms with Gasteiger partial charge in [-0.15, -0.1) is 0 Å². The highest BCUT2D eigenvalue weighted by molar-refractivity contribution is 9.10. The summed E-state index contributed by atoms with van der Waals surface area (Å²) >= 11 is 3.50. The summed E-state index contributed by atoms with van der Waals surface area (Å²) in [7, 11) is 0. The van der Waals surface area contributed by atoms with Crippen LogP contribution in [0.3, 0.4) is 0 Å². The maximum absolute atomic E-state index is 12.8. The van der Waals surface area contributed by atoms with E-state index in [0.717, 1.165) is 41.3 Å². The number of nitrogens with zero attached hydrogens (tertiary/aromatic N) is 1. The van der Waals surface area contributed by atoms with E-state index in [-0.39, 0.29) is 29.8 Å².